The molecule has 8 heteroatoms. The summed E-state index contributed by atoms with van der Waals surface area (Å²) in [6.07, 6.45) is 0.960. The van der Waals surface area contributed by atoms with Crippen LogP contribution in [0.4, 0.5) is 5.69 Å². The van der Waals surface area contributed by atoms with Crippen molar-refractivity contribution in [2.24, 2.45) is 0 Å². The highest BCUT2D eigenvalue weighted by Gasteiger charge is 2.31. The molecule has 1 aliphatic heterocycles. The summed E-state index contributed by atoms with van der Waals surface area (Å²) < 4.78 is 32.2. The lowest BCUT2D eigenvalue weighted by Crippen LogP contribution is -3.15. The molecule has 2 aromatic carbocycles. The zero-order valence-corrected chi connectivity index (χ0v) is 17.7. The molecule has 0 radical (unpaired) electrons. The number of nitrogens with zero attached hydrogens (tertiary/aromatic N) is 1. The van der Waals surface area contributed by atoms with Gasteiger partial charge in [0.25, 0.3) is 5.91 Å². The largest absolute Gasteiger partial charge is 0.497 e. The number of piperazine rings is 1. The van der Waals surface area contributed by atoms with Gasteiger partial charge in [-0.2, -0.15) is 4.31 Å². The van der Waals surface area contributed by atoms with Gasteiger partial charge in [-0.05, 0) is 48.4 Å². The molecule has 0 saturated carbocycles. The van der Waals surface area contributed by atoms with Gasteiger partial charge in [0.05, 0.1) is 38.2 Å². The second kappa shape index (κ2) is 9.39. The predicted molar refractivity (Wildman–Crippen MR) is 112 cm³/mol. The number of benzene rings is 2. The predicted octanol–water partition coefficient (Wildman–Crippen LogP) is 0.786. The van der Waals surface area contributed by atoms with Crippen LogP contribution in [0.3, 0.4) is 0 Å². The highest BCUT2D eigenvalue weighted by Crippen LogP contribution is 2.19. The lowest BCUT2D eigenvalue weighted by molar-refractivity contribution is -0.895. The van der Waals surface area contributed by atoms with Crippen molar-refractivity contribution in [3.63, 3.8) is 0 Å². The molecule has 2 aromatic rings. The lowest BCUT2D eigenvalue weighted by atomic mass is 10.1. The first-order chi connectivity index (χ1) is 13.9. The summed E-state index contributed by atoms with van der Waals surface area (Å²) in [5, 5.41) is 2.92. The maximum absolute atomic E-state index is 12.8. The Morgan fingerprint density at radius 3 is 2.24 bits per heavy atom. The molecule has 0 aromatic heterocycles. The topological polar surface area (TPSA) is 80.2 Å². The lowest BCUT2D eigenvalue weighted by Gasteiger charge is -2.31. The smallest absolute Gasteiger partial charge is 0.279 e. The molecule has 156 valence electrons. The summed E-state index contributed by atoms with van der Waals surface area (Å²) in [5.41, 5.74) is 2.01. The number of rotatable bonds is 7. The van der Waals surface area contributed by atoms with Gasteiger partial charge in [0.1, 0.15) is 5.75 Å². The molecule has 0 aliphatic carbocycles. The van der Waals surface area contributed by atoms with Crippen LogP contribution in [0, 0.1) is 0 Å². The number of carbonyl (C=O) groups is 1. The van der Waals surface area contributed by atoms with E-state index < -0.39 is 10.0 Å². The van der Waals surface area contributed by atoms with Gasteiger partial charge < -0.3 is 15.0 Å². The van der Waals surface area contributed by atoms with Gasteiger partial charge in [0, 0.05) is 5.69 Å². The van der Waals surface area contributed by atoms with Crippen LogP contribution in [0.2, 0.25) is 0 Å². The van der Waals surface area contributed by atoms with E-state index in [9.17, 15) is 13.2 Å². The highest BCUT2D eigenvalue weighted by atomic mass is 32.2. The van der Waals surface area contributed by atoms with Gasteiger partial charge in [-0.3, -0.25) is 4.79 Å². The van der Waals surface area contributed by atoms with Gasteiger partial charge >= 0.3 is 0 Å². The quantitative estimate of drug-likeness (QED) is 0.697. The first-order valence-corrected chi connectivity index (χ1v) is 11.2. The fraction of sp³-hybridized carbons (Fsp3) is 0.381. The third-order valence-electron chi connectivity index (χ3n) is 5.18. The molecule has 1 heterocycles. The van der Waals surface area contributed by atoms with Crippen LogP contribution in [0.5, 0.6) is 5.75 Å². The SMILES string of the molecule is CCc1ccc(NC(=O)C[NH+]2CCN(S(=O)(=O)c3ccc(OC)cc3)CC2)cc1. The molecule has 1 saturated heterocycles. The molecule has 29 heavy (non-hydrogen) atoms. The summed E-state index contributed by atoms with van der Waals surface area (Å²) in [6, 6.07) is 14.2. The van der Waals surface area contributed by atoms with Crippen molar-refractivity contribution in [1.82, 2.24) is 4.31 Å². The van der Waals surface area contributed by atoms with Crippen LogP contribution in [-0.2, 0) is 21.2 Å². The third-order valence-corrected chi connectivity index (χ3v) is 7.10. The highest BCUT2D eigenvalue weighted by molar-refractivity contribution is 7.89. The molecule has 0 unspecified atom stereocenters. The Balaban J connectivity index is 1.52. The number of sulfonamides is 1. The number of quaternary nitrogens is 1. The maximum Gasteiger partial charge on any atom is 0.279 e. The van der Waals surface area contributed by atoms with Gasteiger partial charge in [0.2, 0.25) is 10.0 Å². The van der Waals surface area contributed by atoms with E-state index in [1.165, 1.54) is 9.87 Å². The van der Waals surface area contributed by atoms with E-state index in [1.54, 1.807) is 31.4 Å². The second-order valence-corrected chi connectivity index (χ2v) is 9.04. The number of amides is 1. The number of hydrogen-bond donors (Lipinski definition) is 2. The Morgan fingerprint density at radius 2 is 1.69 bits per heavy atom. The minimum atomic E-state index is -3.53. The Hall–Kier alpha value is -2.42. The summed E-state index contributed by atoms with van der Waals surface area (Å²) in [6.45, 7) is 4.39. The van der Waals surface area contributed by atoms with Gasteiger partial charge in [-0.25, -0.2) is 8.42 Å². The zero-order chi connectivity index (χ0) is 20.9. The molecule has 2 N–H and O–H groups in total. The van der Waals surface area contributed by atoms with E-state index in [1.807, 2.05) is 24.3 Å². The monoisotopic (exact) mass is 418 g/mol. The van der Waals surface area contributed by atoms with E-state index in [0.717, 1.165) is 17.0 Å². The van der Waals surface area contributed by atoms with Crippen LogP contribution in [0.25, 0.3) is 0 Å². The molecule has 1 fully saturated rings. The van der Waals surface area contributed by atoms with Crippen molar-refractivity contribution < 1.29 is 22.8 Å². The molecule has 1 amide bonds. The van der Waals surface area contributed by atoms with Crippen LogP contribution >= 0.6 is 0 Å². The van der Waals surface area contributed by atoms with Gasteiger partial charge in [-0.1, -0.05) is 19.1 Å². The number of carbonyl (C=O) groups excluding carboxylic acids is 1. The number of nitrogens with one attached hydrogen (secondary N) is 2. The first-order valence-electron chi connectivity index (χ1n) is 9.79. The fourth-order valence-electron chi connectivity index (χ4n) is 3.37. The van der Waals surface area contributed by atoms with Crippen molar-refractivity contribution in [1.29, 1.82) is 0 Å². The molecule has 0 spiro atoms. The number of hydrogen-bond acceptors (Lipinski definition) is 4. The van der Waals surface area contributed by atoms with E-state index in [2.05, 4.69) is 12.2 Å². The fourth-order valence-corrected chi connectivity index (χ4v) is 4.81. The molecular formula is C21H28N3O4S+. The summed E-state index contributed by atoms with van der Waals surface area (Å²) in [7, 11) is -1.99. The maximum atomic E-state index is 12.8. The minimum absolute atomic E-state index is 0.0595. The van der Waals surface area contributed by atoms with Crippen molar-refractivity contribution >= 4 is 21.6 Å². The number of anilines is 1. The van der Waals surface area contributed by atoms with Crippen LogP contribution in [0.1, 0.15) is 12.5 Å². The average Bonchev–Trinajstić information content (AvgIpc) is 2.74. The number of aryl methyl sites for hydroxylation is 1. The Kier molecular flexibility index (Phi) is 6.89. The molecule has 0 atom stereocenters. The number of ether oxygens (including phenoxy) is 1. The summed E-state index contributed by atoms with van der Waals surface area (Å²) in [4.78, 5) is 13.7. The van der Waals surface area contributed by atoms with Crippen molar-refractivity contribution in [3.8, 4) is 5.75 Å². The molecular weight excluding hydrogens is 390 g/mol. The number of methoxy groups -OCH3 is 1. The van der Waals surface area contributed by atoms with E-state index in [4.69, 9.17) is 4.74 Å². The Labute approximate surface area is 172 Å². The first kappa shape index (κ1) is 21.3. The van der Waals surface area contributed by atoms with Gasteiger partial charge in [0.15, 0.2) is 6.54 Å². The van der Waals surface area contributed by atoms with E-state index in [0.29, 0.717) is 38.5 Å². The van der Waals surface area contributed by atoms with Crippen LogP contribution in [-0.4, -0.2) is 58.5 Å². The molecule has 1 aliphatic rings. The van der Waals surface area contributed by atoms with Crippen molar-refractivity contribution in [3.05, 3.63) is 54.1 Å². The molecule has 0 bridgehead atoms. The van der Waals surface area contributed by atoms with Crippen LogP contribution < -0.4 is 15.0 Å². The molecule has 3 rings (SSSR count). The normalized spacial score (nSPS) is 15.8. The zero-order valence-electron chi connectivity index (χ0n) is 16.8. The standard InChI is InChI=1S/C21H27N3O4S/c1-3-17-4-6-18(7-5-17)22-21(25)16-23-12-14-24(15-13-23)29(26,27)20-10-8-19(28-2)9-11-20/h4-11H,3,12-16H2,1-2H3,(H,22,25)/p+1. The van der Waals surface area contributed by atoms with E-state index >= 15 is 0 Å². The Morgan fingerprint density at radius 1 is 1.07 bits per heavy atom. The Bertz CT molecular complexity index is 919. The summed E-state index contributed by atoms with van der Waals surface area (Å²) in [5.74, 6) is 0.560. The third kappa shape index (κ3) is 5.35. The van der Waals surface area contributed by atoms with Gasteiger partial charge in [-0.15, -0.1) is 0 Å². The summed E-state index contributed by atoms with van der Waals surface area (Å²) >= 11 is 0. The average molecular weight is 419 g/mol. The van der Waals surface area contributed by atoms with Crippen molar-refractivity contribution in [2.75, 3.05) is 45.2 Å². The van der Waals surface area contributed by atoms with E-state index in [-0.39, 0.29) is 10.8 Å². The molecule has 7 nitrogen and oxygen atoms in total. The van der Waals surface area contributed by atoms with Crippen LogP contribution in [0.15, 0.2) is 53.4 Å². The second-order valence-electron chi connectivity index (χ2n) is 7.11. The minimum Gasteiger partial charge on any atom is -0.497 e. The van der Waals surface area contributed by atoms with Crippen molar-refractivity contribution in [2.45, 2.75) is 18.2 Å².